The van der Waals surface area contributed by atoms with Crippen LogP contribution in [0.3, 0.4) is 0 Å². The molecule has 0 atom stereocenters. The van der Waals surface area contributed by atoms with Crippen LogP contribution in [-0.4, -0.2) is 11.5 Å². The Morgan fingerprint density at radius 2 is 2.05 bits per heavy atom. The SMILES string of the molecule is O=[N+]([O-])c1ccc(NCC2CCC2)cc1C(F)(F)F. The number of nitro groups is 1. The molecular formula is C12H13F3N2O2. The molecule has 0 saturated heterocycles. The van der Waals surface area contributed by atoms with Crippen LogP contribution in [0, 0.1) is 16.0 Å². The van der Waals surface area contributed by atoms with Crippen LogP contribution in [0.15, 0.2) is 18.2 Å². The lowest BCUT2D eigenvalue weighted by Crippen LogP contribution is -2.21. The van der Waals surface area contributed by atoms with Gasteiger partial charge in [0.25, 0.3) is 5.69 Å². The quantitative estimate of drug-likeness (QED) is 0.670. The zero-order valence-corrected chi connectivity index (χ0v) is 10.0. The van der Waals surface area contributed by atoms with Gasteiger partial charge in [0.05, 0.1) is 4.92 Å². The average Bonchev–Trinajstić information content (AvgIpc) is 2.25. The first-order valence-corrected chi connectivity index (χ1v) is 5.97. The lowest BCUT2D eigenvalue weighted by atomic mass is 9.85. The molecule has 0 amide bonds. The highest BCUT2D eigenvalue weighted by atomic mass is 19.4. The average molecular weight is 274 g/mol. The van der Waals surface area contributed by atoms with Gasteiger partial charge in [-0.2, -0.15) is 13.2 Å². The van der Waals surface area contributed by atoms with E-state index in [1.165, 1.54) is 6.07 Å². The molecule has 0 bridgehead atoms. The summed E-state index contributed by atoms with van der Waals surface area (Å²) >= 11 is 0. The Labute approximate surface area is 107 Å². The molecule has 1 saturated carbocycles. The van der Waals surface area contributed by atoms with Crippen LogP contribution >= 0.6 is 0 Å². The Hall–Kier alpha value is -1.79. The van der Waals surface area contributed by atoms with Gasteiger partial charge in [0.2, 0.25) is 0 Å². The predicted molar refractivity (Wildman–Crippen MR) is 63.9 cm³/mol. The number of halogens is 3. The normalized spacial score (nSPS) is 15.9. The number of nitro benzene ring substituents is 1. The van der Waals surface area contributed by atoms with E-state index in [4.69, 9.17) is 0 Å². The second-order valence-corrected chi connectivity index (χ2v) is 4.66. The van der Waals surface area contributed by atoms with E-state index in [1.54, 1.807) is 0 Å². The van der Waals surface area contributed by atoms with Crippen molar-refractivity contribution in [2.24, 2.45) is 5.92 Å². The zero-order chi connectivity index (χ0) is 14.0. The fourth-order valence-electron chi connectivity index (χ4n) is 1.99. The van der Waals surface area contributed by atoms with Gasteiger partial charge in [-0.25, -0.2) is 0 Å². The van der Waals surface area contributed by atoms with Gasteiger partial charge in [0.1, 0.15) is 5.56 Å². The molecule has 1 N–H and O–H groups in total. The van der Waals surface area contributed by atoms with E-state index in [1.807, 2.05) is 0 Å². The summed E-state index contributed by atoms with van der Waals surface area (Å²) in [7, 11) is 0. The van der Waals surface area contributed by atoms with Crippen molar-refractivity contribution in [3.63, 3.8) is 0 Å². The lowest BCUT2D eigenvalue weighted by molar-refractivity contribution is -0.388. The van der Waals surface area contributed by atoms with Gasteiger partial charge in [0, 0.05) is 18.3 Å². The first-order chi connectivity index (χ1) is 8.88. The molecule has 0 radical (unpaired) electrons. The first kappa shape index (κ1) is 13.6. The van der Waals surface area contributed by atoms with Gasteiger partial charge < -0.3 is 5.32 Å². The minimum atomic E-state index is -4.73. The molecule has 0 spiro atoms. The smallest absolute Gasteiger partial charge is 0.385 e. The van der Waals surface area contributed by atoms with E-state index in [0.717, 1.165) is 31.4 Å². The summed E-state index contributed by atoms with van der Waals surface area (Å²) in [5.41, 5.74) is -1.86. The Bertz CT molecular complexity index is 484. The topological polar surface area (TPSA) is 55.2 Å². The van der Waals surface area contributed by atoms with Crippen LogP contribution in [-0.2, 0) is 6.18 Å². The Morgan fingerprint density at radius 1 is 1.37 bits per heavy atom. The standard InChI is InChI=1S/C12H13F3N2O2/c13-12(14,15)10-6-9(4-5-11(10)17(18)19)16-7-8-2-1-3-8/h4-6,8,16H,1-3,7H2. The van der Waals surface area contributed by atoms with E-state index >= 15 is 0 Å². The maximum atomic E-state index is 12.7. The van der Waals surface area contributed by atoms with Crippen molar-refractivity contribution in [3.8, 4) is 0 Å². The third kappa shape index (κ3) is 3.15. The molecule has 104 valence electrons. The largest absolute Gasteiger partial charge is 0.423 e. The van der Waals surface area contributed by atoms with Crippen molar-refractivity contribution in [1.29, 1.82) is 0 Å². The van der Waals surface area contributed by atoms with Crippen LogP contribution in [0.4, 0.5) is 24.5 Å². The van der Waals surface area contributed by atoms with Crippen molar-refractivity contribution >= 4 is 11.4 Å². The molecule has 7 heteroatoms. The van der Waals surface area contributed by atoms with Crippen molar-refractivity contribution in [2.45, 2.75) is 25.4 Å². The number of hydrogen-bond acceptors (Lipinski definition) is 3. The third-order valence-electron chi connectivity index (χ3n) is 3.32. The molecule has 0 heterocycles. The van der Waals surface area contributed by atoms with Crippen LogP contribution in [0.25, 0.3) is 0 Å². The van der Waals surface area contributed by atoms with Gasteiger partial charge in [-0.15, -0.1) is 0 Å². The maximum absolute atomic E-state index is 12.7. The van der Waals surface area contributed by atoms with Gasteiger partial charge in [-0.05, 0) is 30.9 Å². The van der Waals surface area contributed by atoms with Crippen molar-refractivity contribution < 1.29 is 18.1 Å². The first-order valence-electron chi connectivity index (χ1n) is 5.97. The molecule has 0 unspecified atom stereocenters. The molecule has 1 aromatic rings. The monoisotopic (exact) mass is 274 g/mol. The number of nitrogens with one attached hydrogen (secondary N) is 1. The zero-order valence-electron chi connectivity index (χ0n) is 10.0. The van der Waals surface area contributed by atoms with E-state index in [-0.39, 0.29) is 5.69 Å². The summed E-state index contributed by atoms with van der Waals surface area (Å²) in [6.07, 6.45) is -1.42. The molecular weight excluding hydrogens is 261 g/mol. The molecule has 1 aliphatic carbocycles. The van der Waals surface area contributed by atoms with E-state index in [2.05, 4.69) is 5.32 Å². The Kier molecular flexibility index (Phi) is 3.64. The number of anilines is 1. The molecule has 0 aliphatic heterocycles. The molecule has 1 fully saturated rings. The summed E-state index contributed by atoms with van der Waals surface area (Å²) in [4.78, 5) is 9.57. The number of nitrogens with zero attached hydrogens (tertiary/aromatic N) is 1. The van der Waals surface area contributed by atoms with E-state index < -0.39 is 22.4 Å². The summed E-state index contributed by atoms with van der Waals surface area (Å²) in [5, 5.41) is 13.5. The molecule has 19 heavy (non-hydrogen) atoms. The van der Waals surface area contributed by atoms with E-state index in [9.17, 15) is 23.3 Å². The minimum Gasteiger partial charge on any atom is -0.385 e. The molecule has 0 aromatic heterocycles. The summed E-state index contributed by atoms with van der Waals surface area (Å²) < 4.78 is 38.2. The van der Waals surface area contributed by atoms with Crippen molar-refractivity contribution in [2.75, 3.05) is 11.9 Å². The molecule has 4 nitrogen and oxygen atoms in total. The van der Waals surface area contributed by atoms with Gasteiger partial charge >= 0.3 is 6.18 Å². The molecule has 1 aromatic carbocycles. The predicted octanol–water partition coefficient (Wildman–Crippen LogP) is 3.83. The van der Waals surface area contributed by atoms with Crippen LogP contribution in [0.1, 0.15) is 24.8 Å². The fraction of sp³-hybridized carbons (Fsp3) is 0.500. The number of alkyl halides is 3. The van der Waals surface area contributed by atoms with E-state index in [0.29, 0.717) is 12.5 Å². The van der Waals surface area contributed by atoms with Gasteiger partial charge in [-0.3, -0.25) is 10.1 Å². The third-order valence-corrected chi connectivity index (χ3v) is 3.32. The van der Waals surface area contributed by atoms with Gasteiger partial charge in [-0.1, -0.05) is 6.42 Å². The Morgan fingerprint density at radius 3 is 2.53 bits per heavy atom. The second kappa shape index (κ2) is 5.07. The maximum Gasteiger partial charge on any atom is 0.423 e. The van der Waals surface area contributed by atoms with Crippen molar-refractivity contribution in [1.82, 2.24) is 0 Å². The molecule has 2 rings (SSSR count). The van der Waals surface area contributed by atoms with Crippen molar-refractivity contribution in [3.05, 3.63) is 33.9 Å². The number of benzene rings is 1. The highest BCUT2D eigenvalue weighted by molar-refractivity contribution is 5.55. The lowest BCUT2D eigenvalue weighted by Gasteiger charge is -2.26. The van der Waals surface area contributed by atoms with Crippen LogP contribution < -0.4 is 5.32 Å². The highest BCUT2D eigenvalue weighted by Gasteiger charge is 2.38. The second-order valence-electron chi connectivity index (χ2n) is 4.66. The van der Waals surface area contributed by atoms with Crippen LogP contribution in [0.5, 0.6) is 0 Å². The summed E-state index contributed by atoms with van der Waals surface area (Å²) in [6, 6.07) is 3.01. The molecule has 1 aliphatic rings. The summed E-state index contributed by atoms with van der Waals surface area (Å²) in [5.74, 6) is 0.490. The fourth-order valence-corrected chi connectivity index (χ4v) is 1.99. The van der Waals surface area contributed by atoms with Crippen LogP contribution in [0.2, 0.25) is 0 Å². The summed E-state index contributed by atoms with van der Waals surface area (Å²) in [6.45, 7) is 0.606. The Balaban J connectivity index is 2.19. The number of rotatable bonds is 4. The highest BCUT2D eigenvalue weighted by Crippen LogP contribution is 2.37. The number of hydrogen-bond donors (Lipinski definition) is 1. The van der Waals surface area contributed by atoms with Gasteiger partial charge in [0.15, 0.2) is 0 Å². The minimum absolute atomic E-state index is 0.268.